The summed E-state index contributed by atoms with van der Waals surface area (Å²) in [5.41, 5.74) is 1.47. The van der Waals surface area contributed by atoms with Crippen LogP contribution in [0.3, 0.4) is 0 Å². The zero-order valence-electron chi connectivity index (χ0n) is 14.5. The van der Waals surface area contributed by atoms with Crippen molar-refractivity contribution in [2.24, 2.45) is 5.92 Å². The largest absolute Gasteiger partial charge is 0.462 e. The summed E-state index contributed by atoms with van der Waals surface area (Å²) in [6, 6.07) is 6.53. The predicted octanol–water partition coefficient (Wildman–Crippen LogP) is 2.09. The molecule has 0 saturated heterocycles. The van der Waals surface area contributed by atoms with Crippen molar-refractivity contribution in [2.75, 3.05) is 17.7 Å². The fraction of sp³-hybridized carbons (Fsp3) is 0.333. The van der Waals surface area contributed by atoms with Gasteiger partial charge in [-0.15, -0.1) is 0 Å². The minimum absolute atomic E-state index is 0.112. The topological polar surface area (TPSA) is 90.3 Å². The number of amides is 1. The molecule has 0 radical (unpaired) electrons. The van der Waals surface area contributed by atoms with Crippen LogP contribution in [0.5, 0.6) is 0 Å². The number of anilines is 1. The Hall–Kier alpha value is -2.61. The zero-order chi connectivity index (χ0) is 18.7. The predicted molar refractivity (Wildman–Crippen MR) is 98.5 cm³/mol. The fourth-order valence-electron chi connectivity index (χ4n) is 2.61. The van der Waals surface area contributed by atoms with Crippen LogP contribution >= 0.6 is 11.8 Å². The van der Waals surface area contributed by atoms with Gasteiger partial charge in [-0.05, 0) is 38.1 Å². The molecule has 0 bridgehead atoms. The Morgan fingerprint density at radius 3 is 2.77 bits per heavy atom. The van der Waals surface area contributed by atoms with Crippen molar-refractivity contribution in [3.8, 4) is 0 Å². The quantitative estimate of drug-likeness (QED) is 0.652. The van der Waals surface area contributed by atoms with Crippen molar-refractivity contribution < 1.29 is 14.3 Å². The lowest BCUT2D eigenvalue weighted by Crippen LogP contribution is -2.37. The number of aryl methyl sites for hydroxylation is 1. The summed E-state index contributed by atoms with van der Waals surface area (Å²) in [7, 11) is 0. The van der Waals surface area contributed by atoms with Gasteiger partial charge in [0.1, 0.15) is 0 Å². The first kappa shape index (κ1) is 18.2. The minimum atomic E-state index is -0.395. The van der Waals surface area contributed by atoms with E-state index in [1.54, 1.807) is 48.9 Å². The van der Waals surface area contributed by atoms with Crippen LogP contribution in [-0.4, -0.2) is 33.8 Å². The van der Waals surface area contributed by atoms with E-state index in [2.05, 4.69) is 10.3 Å². The van der Waals surface area contributed by atoms with E-state index in [1.807, 2.05) is 0 Å². The highest BCUT2D eigenvalue weighted by atomic mass is 32.2. The molecule has 7 nitrogen and oxygen atoms in total. The molecular formula is C18H19N3O4S. The van der Waals surface area contributed by atoms with Gasteiger partial charge in [0, 0.05) is 29.7 Å². The molecular weight excluding hydrogens is 354 g/mol. The maximum absolute atomic E-state index is 12.5. The normalized spacial score (nSPS) is 15.8. The number of fused-ring (bicyclic) bond motifs is 1. The van der Waals surface area contributed by atoms with Gasteiger partial charge in [-0.2, -0.15) is 0 Å². The molecule has 0 fully saturated rings. The molecule has 3 rings (SSSR count). The van der Waals surface area contributed by atoms with E-state index in [9.17, 15) is 14.4 Å². The molecule has 8 heteroatoms. The van der Waals surface area contributed by atoms with Gasteiger partial charge < -0.3 is 10.1 Å². The minimum Gasteiger partial charge on any atom is -0.462 e. The molecule has 0 spiro atoms. The van der Waals surface area contributed by atoms with Crippen LogP contribution in [0, 0.1) is 12.8 Å². The van der Waals surface area contributed by atoms with Crippen molar-refractivity contribution in [1.82, 2.24) is 9.55 Å². The molecule has 0 aliphatic carbocycles. The van der Waals surface area contributed by atoms with Gasteiger partial charge in [0.05, 0.1) is 18.1 Å². The summed E-state index contributed by atoms with van der Waals surface area (Å²) in [6.07, 6.45) is 1.56. The van der Waals surface area contributed by atoms with Gasteiger partial charge in [0.2, 0.25) is 5.91 Å². The molecule has 136 valence electrons. The molecule has 0 saturated carbocycles. The van der Waals surface area contributed by atoms with Gasteiger partial charge in [-0.25, -0.2) is 9.78 Å². The van der Waals surface area contributed by atoms with E-state index in [0.29, 0.717) is 40.9 Å². The van der Waals surface area contributed by atoms with Gasteiger partial charge in [-0.3, -0.25) is 14.2 Å². The average molecular weight is 373 g/mol. The zero-order valence-corrected chi connectivity index (χ0v) is 15.3. The number of ether oxygens (including phenoxy) is 1. The first-order valence-corrected chi connectivity index (χ1v) is 9.25. The molecule has 26 heavy (non-hydrogen) atoms. The first-order valence-electron chi connectivity index (χ1n) is 8.27. The number of hydrogen-bond donors (Lipinski definition) is 1. The molecule has 1 aromatic heterocycles. The number of carbonyl (C=O) groups is 2. The van der Waals surface area contributed by atoms with E-state index >= 15 is 0 Å². The average Bonchev–Trinajstić information content (AvgIpc) is 2.65. The highest BCUT2D eigenvalue weighted by Gasteiger charge is 2.27. The van der Waals surface area contributed by atoms with Crippen molar-refractivity contribution >= 4 is 29.3 Å². The van der Waals surface area contributed by atoms with Crippen molar-refractivity contribution in [1.29, 1.82) is 0 Å². The second-order valence-corrected chi connectivity index (χ2v) is 6.92. The van der Waals surface area contributed by atoms with Crippen LogP contribution in [0.15, 0.2) is 40.4 Å². The van der Waals surface area contributed by atoms with Crippen LogP contribution in [-0.2, 0) is 16.1 Å². The maximum atomic E-state index is 12.5. The number of nitrogens with zero attached hydrogens (tertiary/aromatic N) is 2. The third kappa shape index (κ3) is 3.80. The third-order valence-corrected chi connectivity index (χ3v) is 5.19. The lowest BCUT2D eigenvalue weighted by molar-refractivity contribution is -0.119. The highest BCUT2D eigenvalue weighted by molar-refractivity contribution is 7.99. The number of benzene rings is 1. The Bertz CT molecular complexity index is 892. The number of hydrogen-bond acceptors (Lipinski definition) is 6. The van der Waals surface area contributed by atoms with Crippen LogP contribution in [0.25, 0.3) is 0 Å². The molecule has 2 aromatic rings. The van der Waals surface area contributed by atoms with E-state index in [-0.39, 0.29) is 17.4 Å². The van der Waals surface area contributed by atoms with Gasteiger partial charge in [0.15, 0.2) is 5.16 Å². The Kier molecular flexibility index (Phi) is 5.41. The molecule has 1 amide bonds. The number of carbonyl (C=O) groups excluding carboxylic acids is 2. The summed E-state index contributed by atoms with van der Waals surface area (Å²) in [5, 5.41) is 3.48. The summed E-state index contributed by atoms with van der Waals surface area (Å²) >= 11 is 1.40. The lowest BCUT2D eigenvalue weighted by atomic mass is 10.1. The van der Waals surface area contributed by atoms with Crippen LogP contribution in [0.4, 0.5) is 5.69 Å². The number of aromatic nitrogens is 2. The number of esters is 1. The Labute approximate surface area is 154 Å². The Morgan fingerprint density at radius 1 is 1.35 bits per heavy atom. The molecule has 1 N–H and O–H groups in total. The monoisotopic (exact) mass is 373 g/mol. The van der Waals surface area contributed by atoms with Crippen molar-refractivity contribution in [2.45, 2.75) is 25.5 Å². The maximum Gasteiger partial charge on any atom is 0.338 e. The van der Waals surface area contributed by atoms with Crippen LogP contribution in [0.2, 0.25) is 0 Å². The lowest BCUT2D eigenvalue weighted by Gasteiger charge is -2.24. The van der Waals surface area contributed by atoms with Gasteiger partial charge >= 0.3 is 5.97 Å². The second kappa shape index (κ2) is 7.74. The Balaban J connectivity index is 1.68. The second-order valence-electron chi connectivity index (χ2n) is 5.93. The number of rotatable bonds is 4. The number of thioether (sulfide) groups is 1. The smallest absolute Gasteiger partial charge is 0.338 e. The summed E-state index contributed by atoms with van der Waals surface area (Å²) in [4.78, 5) is 40.7. The van der Waals surface area contributed by atoms with E-state index in [1.165, 1.54) is 11.8 Å². The van der Waals surface area contributed by atoms with Crippen molar-refractivity contribution in [3.63, 3.8) is 0 Å². The van der Waals surface area contributed by atoms with Gasteiger partial charge in [0.25, 0.3) is 5.56 Å². The van der Waals surface area contributed by atoms with Gasteiger partial charge in [-0.1, -0.05) is 11.8 Å². The fourth-order valence-corrected chi connectivity index (χ4v) is 3.66. The molecule has 1 aliphatic rings. The third-order valence-electron chi connectivity index (χ3n) is 4.03. The van der Waals surface area contributed by atoms with E-state index < -0.39 is 5.97 Å². The van der Waals surface area contributed by atoms with Crippen molar-refractivity contribution in [3.05, 3.63) is 51.9 Å². The first-order chi connectivity index (χ1) is 12.5. The molecule has 1 atom stereocenters. The molecule has 1 aromatic carbocycles. The van der Waals surface area contributed by atoms with E-state index in [4.69, 9.17) is 4.74 Å². The molecule has 2 heterocycles. The van der Waals surface area contributed by atoms with Crippen LogP contribution in [0.1, 0.15) is 22.8 Å². The SMILES string of the molecule is CCOC(=O)c1ccc(NC(=O)C2CSc3ncc(C)c(=O)n3C2)cc1. The number of nitrogens with one attached hydrogen (secondary N) is 1. The molecule has 1 unspecified atom stereocenters. The summed E-state index contributed by atoms with van der Waals surface area (Å²) in [6.45, 7) is 4.08. The highest BCUT2D eigenvalue weighted by Crippen LogP contribution is 2.25. The van der Waals surface area contributed by atoms with E-state index in [0.717, 1.165) is 0 Å². The standard InChI is InChI=1S/C18H19N3O4S/c1-3-25-17(24)12-4-6-14(7-5-12)20-15(22)13-9-21-16(23)11(2)8-19-18(21)26-10-13/h4-8,13H,3,9-10H2,1-2H3,(H,20,22). The Morgan fingerprint density at radius 2 is 2.08 bits per heavy atom. The molecule has 1 aliphatic heterocycles. The summed E-state index contributed by atoms with van der Waals surface area (Å²) < 4.78 is 6.48. The summed E-state index contributed by atoms with van der Waals surface area (Å²) in [5.74, 6) is -0.339. The van der Waals surface area contributed by atoms with Crippen LogP contribution < -0.4 is 10.9 Å².